The van der Waals surface area contributed by atoms with Crippen molar-refractivity contribution in [2.45, 2.75) is 37.3 Å². The lowest BCUT2D eigenvalue weighted by Crippen LogP contribution is -2.12. The van der Waals surface area contributed by atoms with Gasteiger partial charge in [-0.05, 0) is 37.1 Å². The Hall–Kier alpha value is -1.87. The summed E-state index contributed by atoms with van der Waals surface area (Å²) in [6.45, 7) is 0. The number of aromatic nitrogens is 1. The molecule has 1 atom stereocenters. The maximum Gasteiger partial charge on any atom is 0.119 e. The molecule has 1 spiro atoms. The van der Waals surface area contributed by atoms with E-state index in [-0.39, 0.29) is 0 Å². The van der Waals surface area contributed by atoms with Gasteiger partial charge in [0.2, 0.25) is 0 Å². The van der Waals surface area contributed by atoms with Crippen LogP contribution in [0, 0.1) is 0 Å². The second kappa shape index (κ2) is 4.56. The van der Waals surface area contributed by atoms with E-state index >= 15 is 0 Å². The van der Waals surface area contributed by atoms with E-state index in [4.69, 9.17) is 4.98 Å². The lowest BCUT2D eigenvalue weighted by Gasteiger charge is -2.10. The predicted molar refractivity (Wildman–Crippen MR) is 92.5 cm³/mol. The van der Waals surface area contributed by atoms with Gasteiger partial charge in [0.1, 0.15) is 11.0 Å². The first kappa shape index (κ1) is 12.7. The smallest absolute Gasteiger partial charge is 0.119 e. The number of hydrogen-bond acceptors (Lipinski definition) is 3. The number of hydrogen-bond donors (Lipinski definition) is 0. The lowest BCUT2D eigenvalue weighted by molar-refractivity contribution is 0.645. The van der Waals surface area contributed by atoms with Crippen molar-refractivity contribution < 1.29 is 0 Å². The third kappa shape index (κ3) is 1.69. The first-order valence-electron chi connectivity index (χ1n) is 8.08. The number of anilines is 1. The highest BCUT2D eigenvalue weighted by atomic mass is 32.1. The number of nitrogens with zero attached hydrogens (tertiary/aromatic N) is 2. The Kier molecular flexibility index (Phi) is 2.62. The van der Waals surface area contributed by atoms with E-state index in [1.165, 1.54) is 41.1 Å². The first-order valence-corrected chi connectivity index (χ1v) is 8.90. The van der Waals surface area contributed by atoms with Crippen LogP contribution in [-0.4, -0.2) is 10.5 Å². The monoisotopic (exact) mass is 306 g/mol. The lowest BCUT2D eigenvalue weighted by atomic mass is 10.0. The number of para-hydroxylation sites is 2. The van der Waals surface area contributed by atoms with Gasteiger partial charge in [0.25, 0.3) is 0 Å². The fraction of sp³-hybridized carbons (Fsp3) is 0.316. The number of benzene rings is 2. The zero-order chi connectivity index (χ0) is 14.6. The van der Waals surface area contributed by atoms with Crippen LogP contribution in [0.2, 0.25) is 0 Å². The molecule has 0 radical (unpaired) electrons. The highest BCUT2D eigenvalue weighted by Crippen LogP contribution is 2.63. The van der Waals surface area contributed by atoms with Crippen molar-refractivity contribution in [3.63, 3.8) is 0 Å². The quantitative estimate of drug-likeness (QED) is 0.607. The molecule has 3 heteroatoms. The molecule has 2 fully saturated rings. The summed E-state index contributed by atoms with van der Waals surface area (Å²) in [6, 6.07) is 19.9. The Balaban J connectivity index is 1.60. The molecule has 2 heterocycles. The van der Waals surface area contributed by atoms with Gasteiger partial charge >= 0.3 is 0 Å². The second-order valence-electron chi connectivity index (χ2n) is 6.44. The first-order chi connectivity index (χ1) is 10.9. The van der Waals surface area contributed by atoms with Crippen LogP contribution in [0.15, 0.2) is 54.6 Å². The number of rotatable bonds is 2. The SMILES string of the molecule is c1ccc(N2C(c3nc4ccccc4s3)C23CCCC3)cc1. The normalized spacial score (nSPS) is 22.5. The molecule has 5 rings (SSSR count). The molecule has 3 aromatic rings. The van der Waals surface area contributed by atoms with Crippen LogP contribution in [0.3, 0.4) is 0 Å². The maximum absolute atomic E-state index is 4.95. The largest absolute Gasteiger partial charge is 0.351 e. The van der Waals surface area contributed by atoms with Crippen LogP contribution in [-0.2, 0) is 0 Å². The summed E-state index contributed by atoms with van der Waals surface area (Å²) in [4.78, 5) is 7.57. The third-order valence-corrected chi connectivity index (χ3v) is 6.32. The van der Waals surface area contributed by atoms with Gasteiger partial charge in [0.15, 0.2) is 0 Å². The number of thiazole rings is 1. The van der Waals surface area contributed by atoms with Gasteiger partial charge in [0, 0.05) is 5.69 Å². The molecule has 1 unspecified atom stereocenters. The summed E-state index contributed by atoms with van der Waals surface area (Å²) < 4.78 is 1.31. The molecule has 1 aliphatic carbocycles. The van der Waals surface area contributed by atoms with E-state index in [9.17, 15) is 0 Å². The summed E-state index contributed by atoms with van der Waals surface area (Å²) in [5, 5.41) is 1.30. The molecule has 2 aliphatic rings. The fourth-order valence-electron chi connectivity index (χ4n) is 4.22. The van der Waals surface area contributed by atoms with Gasteiger partial charge in [-0.3, -0.25) is 0 Å². The molecule has 1 aromatic heterocycles. The summed E-state index contributed by atoms with van der Waals surface area (Å²) >= 11 is 1.87. The topological polar surface area (TPSA) is 15.9 Å². The molecule has 2 nitrogen and oxygen atoms in total. The zero-order valence-corrected chi connectivity index (χ0v) is 13.2. The molecule has 1 aliphatic heterocycles. The molecule has 22 heavy (non-hydrogen) atoms. The van der Waals surface area contributed by atoms with Crippen LogP contribution >= 0.6 is 11.3 Å². The van der Waals surface area contributed by atoms with Crippen molar-refractivity contribution in [3.05, 3.63) is 59.6 Å². The average molecular weight is 306 g/mol. The minimum Gasteiger partial charge on any atom is -0.351 e. The van der Waals surface area contributed by atoms with Crippen LogP contribution in [0.4, 0.5) is 5.69 Å². The van der Waals surface area contributed by atoms with Crippen molar-refractivity contribution in [2.75, 3.05) is 4.90 Å². The van der Waals surface area contributed by atoms with Gasteiger partial charge < -0.3 is 4.90 Å². The summed E-state index contributed by atoms with van der Waals surface area (Å²) in [7, 11) is 0. The fourth-order valence-corrected chi connectivity index (χ4v) is 5.39. The van der Waals surface area contributed by atoms with Crippen molar-refractivity contribution in [3.8, 4) is 0 Å². The summed E-state index contributed by atoms with van der Waals surface area (Å²) in [6.07, 6.45) is 5.32. The molecule has 0 N–H and O–H groups in total. The van der Waals surface area contributed by atoms with Gasteiger partial charge in [-0.15, -0.1) is 11.3 Å². The van der Waals surface area contributed by atoms with Gasteiger partial charge in [-0.25, -0.2) is 4.98 Å². The average Bonchev–Trinajstić information content (AvgIpc) is 2.90. The molecular weight excluding hydrogens is 288 g/mol. The molecule has 0 bridgehead atoms. The molecular formula is C19H18N2S. The highest BCUT2D eigenvalue weighted by Gasteiger charge is 2.65. The minimum absolute atomic E-state index is 0.342. The number of fused-ring (bicyclic) bond motifs is 1. The predicted octanol–water partition coefficient (Wildman–Crippen LogP) is 5.17. The summed E-state index contributed by atoms with van der Waals surface area (Å²) in [5.74, 6) is 0. The molecule has 1 saturated carbocycles. The Morgan fingerprint density at radius 3 is 2.45 bits per heavy atom. The van der Waals surface area contributed by atoms with Crippen molar-refractivity contribution in [2.24, 2.45) is 0 Å². The van der Waals surface area contributed by atoms with Crippen molar-refractivity contribution in [1.29, 1.82) is 0 Å². The van der Waals surface area contributed by atoms with Crippen molar-refractivity contribution in [1.82, 2.24) is 4.98 Å². The van der Waals surface area contributed by atoms with E-state index < -0.39 is 0 Å². The van der Waals surface area contributed by atoms with E-state index in [0.717, 1.165) is 5.52 Å². The van der Waals surface area contributed by atoms with Gasteiger partial charge in [-0.1, -0.05) is 43.2 Å². The van der Waals surface area contributed by atoms with Crippen molar-refractivity contribution >= 4 is 27.2 Å². The molecule has 110 valence electrons. The van der Waals surface area contributed by atoms with Crippen LogP contribution in [0.5, 0.6) is 0 Å². The van der Waals surface area contributed by atoms with Crippen LogP contribution < -0.4 is 4.90 Å². The molecule has 0 amide bonds. The second-order valence-corrected chi connectivity index (χ2v) is 7.50. The van der Waals surface area contributed by atoms with E-state index in [1.807, 2.05) is 11.3 Å². The standard InChI is InChI=1S/C19H18N2S/c1-2-8-14(9-3-1)21-17(19(21)12-6-7-13-19)18-20-15-10-4-5-11-16(15)22-18/h1-5,8-11,17H,6-7,12-13H2. The van der Waals surface area contributed by atoms with E-state index in [1.54, 1.807) is 0 Å². The Bertz CT molecular complexity index is 785. The zero-order valence-electron chi connectivity index (χ0n) is 12.4. The van der Waals surface area contributed by atoms with Crippen LogP contribution in [0.1, 0.15) is 36.7 Å². The Morgan fingerprint density at radius 2 is 1.68 bits per heavy atom. The Morgan fingerprint density at radius 1 is 0.955 bits per heavy atom. The van der Waals surface area contributed by atoms with Gasteiger partial charge in [-0.2, -0.15) is 0 Å². The van der Waals surface area contributed by atoms with Crippen LogP contribution in [0.25, 0.3) is 10.2 Å². The minimum atomic E-state index is 0.342. The van der Waals surface area contributed by atoms with Gasteiger partial charge in [0.05, 0.1) is 15.8 Å². The molecule has 2 aromatic carbocycles. The van der Waals surface area contributed by atoms with E-state index in [2.05, 4.69) is 59.5 Å². The highest BCUT2D eigenvalue weighted by molar-refractivity contribution is 7.18. The molecule has 1 saturated heterocycles. The third-order valence-electron chi connectivity index (χ3n) is 5.23. The Labute approximate surface area is 134 Å². The summed E-state index contributed by atoms with van der Waals surface area (Å²) in [5.41, 5.74) is 2.85. The maximum atomic E-state index is 4.95. The van der Waals surface area contributed by atoms with E-state index in [0.29, 0.717) is 11.6 Å².